The molecule has 82 valence electrons. The molecule has 0 aromatic heterocycles. The van der Waals surface area contributed by atoms with Gasteiger partial charge in [-0.05, 0) is 52.5 Å². The summed E-state index contributed by atoms with van der Waals surface area (Å²) in [6.45, 7) is 2.00. The predicted octanol–water partition coefficient (Wildman–Crippen LogP) is 1.22. The molecule has 0 aliphatic carbocycles. The molecule has 14 heavy (non-hydrogen) atoms. The molecule has 1 aliphatic heterocycles. The van der Waals surface area contributed by atoms with Crippen molar-refractivity contribution in [1.29, 1.82) is 0 Å². The lowest BCUT2D eigenvalue weighted by Gasteiger charge is -2.24. The fraction of sp³-hybridized carbons (Fsp3) is 0.818. The fourth-order valence-corrected chi connectivity index (χ4v) is 1.74. The zero-order valence-corrected chi connectivity index (χ0v) is 9.55. The van der Waals surface area contributed by atoms with Gasteiger partial charge in [-0.3, -0.25) is 0 Å². The summed E-state index contributed by atoms with van der Waals surface area (Å²) >= 11 is 0. The van der Waals surface area contributed by atoms with Crippen LogP contribution in [0.4, 0.5) is 0 Å². The highest BCUT2D eigenvalue weighted by atomic mass is 16.5. The van der Waals surface area contributed by atoms with Crippen molar-refractivity contribution in [2.45, 2.75) is 25.3 Å². The van der Waals surface area contributed by atoms with Crippen molar-refractivity contribution in [1.82, 2.24) is 10.2 Å². The molecular formula is C11H22N2O. The van der Waals surface area contributed by atoms with Crippen molar-refractivity contribution in [2.24, 2.45) is 0 Å². The van der Waals surface area contributed by atoms with E-state index in [9.17, 15) is 0 Å². The molecule has 1 heterocycles. The first-order valence-electron chi connectivity index (χ1n) is 5.36. The van der Waals surface area contributed by atoms with Crippen molar-refractivity contribution in [3.05, 3.63) is 11.8 Å². The van der Waals surface area contributed by atoms with Gasteiger partial charge in [0.25, 0.3) is 0 Å². The Kier molecular flexibility index (Phi) is 4.98. The van der Waals surface area contributed by atoms with Crippen LogP contribution in [0.3, 0.4) is 0 Å². The van der Waals surface area contributed by atoms with E-state index in [4.69, 9.17) is 4.74 Å². The maximum absolute atomic E-state index is 5.36. The molecule has 1 unspecified atom stereocenters. The monoisotopic (exact) mass is 198 g/mol. The molecule has 0 amide bonds. The number of rotatable bonds is 5. The van der Waals surface area contributed by atoms with Gasteiger partial charge in [-0.25, -0.2) is 0 Å². The third-order valence-corrected chi connectivity index (χ3v) is 2.62. The van der Waals surface area contributed by atoms with Crippen LogP contribution in [0.25, 0.3) is 0 Å². The Morgan fingerprint density at radius 2 is 2.36 bits per heavy atom. The number of ether oxygens (including phenoxy) is 1. The molecule has 1 aliphatic rings. The summed E-state index contributed by atoms with van der Waals surface area (Å²) < 4.78 is 5.36. The first kappa shape index (κ1) is 11.5. The van der Waals surface area contributed by atoms with Gasteiger partial charge in [0.2, 0.25) is 0 Å². The van der Waals surface area contributed by atoms with E-state index in [2.05, 4.69) is 24.3 Å². The lowest BCUT2D eigenvalue weighted by Crippen LogP contribution is -2.32. The van der Waals surface area contributed by atoms with E-state index in [0.717, 1.165) is 26.0 Å². The maximum atomic E-state index is 5.36. The van der Waals surface area contributed by atoms with E-state index < -0.39 is 0 Å². The molecule has 1 N–H and O–H groups in total. The van der Waals surface area contributed by atoms with Crippen molar-refractivity contribution in [3.63, 3.8) is 0 Å². The molecule has 1 rings (SSSR count). The second kappa shape index (κ2) is 6.04. The number of hydrogen-bond acceptors (Lipinski definition) is 3. The minimum Gasteiger partial charge on any atom is -0.501 e. The highest BCUT2D eigenvalue weighted by molar-refractivity contribution is 5.09. The van der Waals surface area contributed by atoms with Gasteiger partial charge in [-0.15, -0.1) is 0 Å². The smallest absolute Gasteiger partial charge is 0.0876 e. The van der Waals surface area contributed by atoms with Crippen molar-refractivity contribution in [2.75, 3.05) is 34.3 Å². The summed E-state index contributed by atoms with van der Waals surface area (Å²) in [5.41, 5.74) is 1.42. The van der Waals surface area contributed by atoms with Crippen LogP contribution >= 0.6 is 0 Å². The molecule has 0 aromatic carbocycles. The zero-order chi connectivity index (χ0) is 10.4. The molecule has 0 saturated heterocycles. The number of hydrogen-bond donors (Lipinski definition) is 1. The van der Waals surface area contributed by atoms with Gasteiger partial charge in [-0.2, -0.15) is 0 Å². The summed E-state index contributed by atoms with van der Waals surface area (Å²) in [6, 6.07) is 0.484. The lowest BCUT2D eigenvalue weighted by molar-refractivity contribution is 0.218. The van der Waals surface area contributed by atoms with Crippen molar-refractivity contribution >= 4 is 0 Å². The molecule has 3 nitrogen and oxygen atoms in total. The standard InChI is InChI=1S/C11H22N2O/c1-12-11(6-7-13(2)3)10-5-4-8-14-9-10/h9,11-12H,4-8H2,1-3H3. The average molecular weight is 198 g/mol. The molecular weight excluding hydrogens is 176 g/mol. The van der Waals surface area contributed by atoms with Gasteiger partial charge >= 0.3 is 0 Å². The summed E-state index contributed by atoms with van der Waals surface area (Å²) in [7, 11) is 6.24. The van der Waals surface area contributed by atoms with Gasteiger partial charge in [0.05, 0.1) is 12.9 Å². The van der Waals surface area contributed by atoms with E-state index in [-0.39, 0.29) is 0 Å². The highest BCUT2D eigenvalue weighted by Crippen LogP contribution is 2.17. The largest absolute Gasteiger partial charge is 0.501 e. The summed E-state index contributed by atoms with van der Waals surface area (Å²) in [6.07, 6.45) is 5.43. The lowest BCUT2D eigenvalue weighted by atomic mass is 9.99. The summed E-state index contributed by atoms with van der Waals surface area (Å²) in [4.78, 5) is 2.22. The highest BCUT2D eigenvalue weighted by Gasteiger charge is 2.15. The van der Waals surface area contributed by atoms with E-state index >= 15 is 0 Å². The topological polar surface area (TPSA) is 24.5 Å². The molecule has 0 aromatic rings. The second-order valence-electron chi connectivity index (χ2n) is 4.10. The quantitative estimate of drug-likeness (QED) is 0.719. The van der Waals surface area contributed by atoms with Gasteiger partial charge < -0.3 is 15.0 Å². The van der Waals surface area contributed by atoms with E-state index in [0.29, 0.717) is 6.04 Å². The van der Waals surface area contributed by atoms with Crippen LogP contribution in [-0.4, -0.2) is 45.2 Å². The fourth-order valence-electron chi connectivity index (χ4n) is 1.74. The first-order chi connectivity index (χ1) is 6.74. The zero-order valence-electron chi connectivity index (χ0n) is 9.55. The van der Waals surface area contributed by atoms with E-state index in [1.54, 1.807) is 0 Å². The Hall–Kier alpha value is -0.540. The number of nitrogens with one attached hydrogen (secondary N) is 1. The Morgan fingerprint density at radius 3 is 2.86 bits per heavy atom. The summed E-state index contributed by atoms with van der Waals surface area (Å²) in [5, 5.41) is 3.35. The van der Waals surface area contributed by atoms with Gasteiger partial charge in [-0.1, -0.05) is 0 Å². The molecule has 0 spiro atoms. The molecule has 0 bridgehead atoms. The second-order valence-corrected chi connectivity index (χ2v) is 4.10. The summed E-state index contributed by atoms with van der Waals surface area (Å²) in [5.74, 6) is 0. The SMILES string of the molecule is CNC(CCN(C)C)C1=COCCC1. The van der Waals surface area contributed by atoms with Crippen molar-refractivity contribution < 1.29 is 4.74 Å². The maximum Gasteiger partial charge on any atom is 0.0876 e. The van der Waals surface area contributed by atoms with Crippen LogP contribution in [0, 0.1) is 0 Å². The number of likely N-dealkylation sites (N-methyl/N-ethyl adjacent to an activating group) is 1. The molecule has 3 heteroatoms. The van der Waals surface area contributed by atoms with Crippen LogP contribution in [0.2, 0.25) is 0 Å². The van der Waals surface area contributed by atoms with Crippen molar-refractivity contribution in [3.8, 4) is 0 Å². The average Bonchev–Trinajstić information content (AvgIpc) is 2.20. The Labute approximate surface area is 87.1 Å². The first-order valence-corrected chi connectivity index (χ1v) is 5.36. The van der Waals surface area contributed by atoms with Gasteiger partial charge in [0, 0.05) is 6.04 Å². The normalized spacial score (nSPS) is 19.0. The molecule has 1 atom stereocenters. The predicted molar refractivity (Wildman–Crippen MR) is 59.3 cm³/mol. The molecule has 0 fully saturated rings. The Balaban J connectivity index is 2.39. The third-order valence-electron chi connectivity index (χ3n) is 2.62. The van der Waals surface area contributed by atoms with Crippen LogP contribution in [0.15, 0.2) is 11.8 Å². The minimum absolute atomic E-state index is 0.484. The molecule has 0 saturated carbocycles. The minimum atomic E-state index is 0.484. The van der Waals surface area contributed by atoms with Gasteiger partial charge in [0.15, 0.2) is 0 Å². The van der Waals surface area contributed by atoms with Gasteiger partial charge in [0.1, 0.15) is 0 Å². The van der Waals surface area contributed by atoms with E-state index in [1.165, 1.54) is 12.0 Å². The number of nitrogens with zero attached hydrogens (tertiary/aromatic N) is 1. The van der Waals surface area contributed by atoms with Crippen LogP contribution in [-0.2, 0) is 4.74 Å². The van der Waals surface area contributed by atoms with Crippen LogP contribution in [0.5, 0.6) is 0 Å². The van der Waals surface area contributed by atoms with E-state index in [1.807, 2.05) is 13.3 Å². The molecule has 0 radical (unpaired) electrons. The van der Waals surface area contributed by atoms with Crippen LogP contribution < -0.4 is 5.32 Å². The third kappa shape index (κ3) is 3.68. The Morgan fingerprint density at radius 1 is 1.57 bits per heavy atom. The van der Waals surface area contributed by atoms with Crippen LogP contribution in [0.1, 0.15) is 19.3 Å². The Bertz CT molecular complexity index is 190.